The average molecular weight is 492 g/mol. The number of methoxy groups -OCH3 is 1. The van der Waals surface area contributed by atoms with E-state index in [1.165, 1.54) is 5.56 Å². The van der Waals surface area contributed by atoms with E-state index in [-0.39, 0.29) is 23.4 Å². The highest BCUT2D eigenvalue weighted by molar-refractivity contribution is 5.77. The van der Waals surface area contributed by atoms with Crippen molar-refractivity contribution in [3.8, 4) is 28.3 Å². The molecule has 0 spiro atoms. The van der Waals surface area contributed by atoms with E-state index in [0.29, 0.717) is 19.0 Å². The van der Waals surface area contributed by atoms with Gasteiger partial charge in [-0.05, 0) is 61.9 Å². The summed E-state index contributed by atoms with van der Waals surface area (Å²) >= 11 is 0. The van der Waals surface area contributed by atoms with Crippen LogP contribution in [-0.4, -0.2) is 52.4 Å². The molecule has 1 N–H and O–H groups in total. The fourth-order valence-corrected chi connectivity index (χ4v) is 4.46. The van der Waals surface area contributed by atoms with E-state index < -0.39 is 0 Å². The fraction of sp³-hybridized carbons (Fsp3) is 0.448. The molecule has 2 amide bonds. The van der Waals surface area contributed by atoms with Gasteiger partial charge in [0, 0.05) is 30.1 Å². The van der Waals surface area contributed by atoms with Crippen LogP contribution in [-0.2, 0) is 5.41 Å². The molecule has 0 atom stereocenters. The number of hydrogen-bond acceptors (Lipinski definition) is 5. The number of aromatic nitrogens is 1. The van der Waals surface area contributed by atoms with Crippen LogP contribution in [0.1, 0.15) is 64.8 Å². The Labute approximate surface area is 213 Å². The molecule has 1 aliphatic heterocycles. The molecule has 0 bridgehead atoms. The molecular weight excluding hydrogens is 454 g/mol. The minimum atomic E-state index is -0.352. The second kappa shape index (κ2) is 10.3. The molecule has 3 aromatic rings. The highest BCUT2D eigenvalue weighted by Crippen LogP contribution is 2.38. The molecule has 1 saturated heterocycles. The maximum Gasteiger partial charge on any atom is 0.343 e. The maximum absolute atomic E-state index is 12.5. The number of urea groups is 1. The number of hydroxylamine groups is 2. The molecule has 2 heterocycles. The van der Waals surface area contributed by atoms with Crippen LogP contribution in [0.2, 0.25) is 0 Å². The summed E-state index contributed by atoms with van der Waals surface area (Å²) in [6, 6.07) is 15.7. The molecule has 1 fully saturated rings. The van der Waals surface area contributed by atoms with Gasteiger partial charge in [0.2, 0.25) is 0 Å². The molecule has 1 aromatic heterocycles. The van der Waals surface area contributed by atoms with E-state index in [4.69, 9.17) is 14.1 Å². The third-order valence-corrected chi connectivity index (χ3v) is 6.82. The van der Waals surface area contributed by atoms with Crippen molar-refractivity contribution in [2.45, 2.75) is 64.8 Å². The number of carbonyl (C=O) groups is 1. The topological polar surface area (TPSA) is 79.0 Å². The van der Waals surface area contributed by atoms with E-state index in [1.807, 2.05) is 24.3 Å². The quantitative estimate of drug-likeness (QED) is 0.317. The SMILES string of the molecule is COc1ccc(-c2nc(C3CCN(C(=O)N(O)C(C)C)CC3)oc2-c2ccc(C(C)(C)C)cc2)cc1. The number of oxazole rings is 1. The van der Waals surface area contributed by atoms with Gasteiger partial charge in [0.05, 0.1) is 13.2 Å². The van der Waals surface area contributed by atoms with Gasteiger partial charge in [0.15, 0.2) is 11.7 Å². The van der Waals surface area contributed by atoms with Gasteiger partial charge in [0.25, 0.3) is 0 Å². The summed E-state index contributed by atoms with van der Waals surface area (Å²) in [4.78, 5) is 19.2. The molecule has 7 heteroatoms. The van der Waals surface area contributed by atoms with Gasteiger partial charge in [-0.1, -0.05) is 45.0 Å². The zero-order chi connectivity index (χ0) is 26.0. The first-order valence-electron chi connectivity index (χ1n) is 12.6. The van der Waals surface area contributed by atoms with Gasteiger partial charge in [0.1, 0.15) is 11.4 Å². The average Bonchev–Trinajstić information content (AvgIpc) is 3.33. The van der Waals surface area contributed by atoms with Crippen LogP contribution in [0.4, 0.5) is 4.79 Å². The standard InChI is InChI=1S/C29H37N3O4/c1-19(2)32(34)28(33)31-17-15-22(16-18-31)27-30-25(20-9-13-24(35-6)14-10-20)26(36-27)21-7-11-23(12-8-21)29(3,4)5/h7-14,19,22,34H,15-18H2,1-6H3. The molecule has 36 heavy (non-hydrogen) atoms. The number of carbonyl (C=O) groups excluding carboxylic acids is 1. The van der Waals surface area contributed by atoms with Crippen molar-refractivity contribution in [2.75, 3.05) is 20.2 Å². The number of benzene rings is 2. The van der Waals surface area contributed by atoms with Crippen molar-refractivity contribution >= 4 is 6.03 Å². The van der Waals surface area contributed by atoms with Crippen LogP contribution in [0.15, 0.2) is 52.9 Å². The van der Waals surface area contributed by atoms with E-state index >= 15 is 0 Å². The van der Waals surface area contributed by atoms with Crippen molar-refractivity contribution in [1.82, 2.24) is 14.9 Å². The lowest BCUT2D eigenvalue weighted by molar-refractivity contribution is -0.0815. The van der Waals surface area contributed by atoms with Crippen LogP contribution in [0, 0.1) is 0 Å². The van der Waals surface area contributed by atoms with Gasteiger partial charge >= 0.3 is 6.03 Å². The van der Waals surface area contributed by atoms with Crippen molar-refractivity contribution in [1.29, 1.82) is 0 Å². The molecular formula is C29H37N3O4. The number of piperidine rings is 1. The molecule has 2 aromatic carbocycles. The summed E-state index contributed by atoms with van der Waals surface area (Å²) in [5.41, 5.74) is 4.06. The lowest BCUT2D eigenvalue weighted by Crippen LogP contribution is -2.47. The summed E-state index contributed by atoms with van der Waals surface area (Å²) in [7, 11) is 1.65. The van der Waals surface area contributed by atoms with E-state index in [0.717, 1.165) is 46.2 Å². The normalized spacial score (nSPS) is 14.8. The molecule has 4 rings (SSSR count). The molecule has 0 radical (unpaired) electrons. The number of likely N-dealkylation sites (tertiary alicyclic amines) is 1. The van der Waals surface area contributed by atoms with Gasteiger partial charge in [-0.3, -0.25) is 5.21 Å². The lowest BCUT2D eigenvalue weighted by Gasteiger charge is -2.33. The summed E-state index contributed by atoms with van der Waals surface area (Å²) in [5.74, 6) is 2.32. The monoisotopic (exact) mass is 491 g/mol. The van der Waals surface area contributed by atoms with Crippen LogP contribution in [0.25, 0.3) is 22.6 Å². The second-order valence-corrected chi connectivity index (χ2v) is 10.8. The van der Waals surface area contributed by atoms with Crippen molar-refractivity contribution < 1.29 is 19.2 Å². The number of amides is 2. The molecule has 0 unspecified atom stereocenters. The predicted molar refractivity (Wildman–Crippen MR) is 140 cm³/mol. The van der Waals surface area contributed by atoms with E-state index in [2.05, 4.69) is 45.0 Å². The van der Waals surface area contributed by atoms with Crippen LogP contribution < -0.4 is 4.74 Å². The largest absolute Gasteiger partial charge is 0.497 e. The summed E-state index contributed by atoms with van der Waals surface area (Å²) in [6.45, 7) is 11.3. The van der Waals surface area contributed by atoms with Crippen LogP contribution in [0.5, 0.6) is 5.75 Å². The summed E-state index contributed by atoms with van der Waals surface area (Å²) in [6.07, 6.45) is 1.45. The number of ether oxygens (including phenoxy) is 1. The molecule has 192 valence electrons. The molecule has 1 aliphatic rings. The van der Waals surface area contributed by atoms with Gasteiger partial charge < -0.3 is 14.1 Å². The number of hydrogen-bond donors (Lipinski definition) is 1. The Balaban J connectivity index is 1.63. The Morgan fingerprint density at radius 3 is 2.17 bits per heavy atom. The zero-order valence-corrected chi connectivity index (χ0v) is 22.1. The molecule has 0 saturated carbocycles. The van der Waals surface area contributed by atoms with Gasteiger partial charge in [-0.2, -0.15) is 0 Å². The van der Waals surface area contributed by atoms with Crippen LogP contribution >= 0.6 is 0 Å². The highest BCUT2D eigenvalue weighted by atomic mass is 16.5. The maximum atomic E-state index is 12.5. The minimum Gasteiger partial charge on any atom is -0.497 e. The predicted octanol–water partition coefficient (Wildman–Crippen LogP) is 6.71. The third-order valence-electron chi connectivity index (χ3n) is 6.82. The zero-order valence-electron chi connectivity index (χ0n) is 22.1. The Kier molecular flexibility index (Phi) is 7.41. The Hall–Kier alpha value is -3.32. The minimum absolute atomic E-state index is 0.0645. The first kappa shape index (κ1) is 25.8. The van der Waals surface area contributed by atoms with Crippen molar-refractivity contribution in [3.63, 3.8) is 0 Å². The Bertz CT molecular complexity index is 1170. The summed E-state index contributed by atoms with van der Waals surface area (Å²) < 4.78 is 11.8. The third kappa shape index (κ3) is 5.41. The first-order chi connectivity index (χ1) is 17.1. The Morgan fingerprint density at radius 2 is 1.64 bits per heavy atom. The lowest BCUT2D eigenvalue weighted by atomic mass is 9.86. The van der Waals surface area contributed by atoms with E-state index in [1.54, 1.807) is 25.9 Å². The number of rotatable bonds is 5. The second-order valence-electron chi connectivity index (χ2n) is 10.8. The highest BCUT2D eigenvalue weighted by Gasteiger charge is 2.31. The Morgan fingerprint density at radius 1 is 1.06 bits per heavy atom. The smallest absolute Gasteiger partial charge is 0.343 e. The first-order valence-corrected chi connectivity index (χ1v) is 12.6. The van der Waals surface area contributed by atoms with Crippen LogP contribution in [0.3, 0.4) is 0 Å². The summed E-state index contributed by atoms with van der Waals surface area (Å²) in [5, 5.41) is 10.8. The fourth-order valence-electron chi connectivity index (χ4n) is 4.46. The number of nitrogens with zero attached hydrogens (tertiary/aromatic N) is 3. The van der Waals surface area contributed by atoms with Crippen molar-refractivity contribution in [2.24, 2.45) is 0 Å². The van der Waals surface area contributed by atoms with Crippen molar-refractivity contribution in [3.05, 3.63) is 60.0 Å². The molecule has 0 aliphatic carbocycles. The van der Waals surface area contributed by atoms with E-state index in [9.17, 15) is 10.0 Å². The molecule has 7 nitrogen and oxygen atoms in total. The van der Waals surface area contributed by atoms with Gasteiger partial charge in [-0.15, -0.1) is 0 Å². The van der Waals surface area contributed by atoms with Gasteiger partial charge in [-0.25, -0.2) is 14.8 Å².